The molecule has 0 aliphatic rings. The van der Waals surface area contributed by atoms with Gasteiger partial charge in [-0.15, -0.1) is 0 Å². The van der Waals surface area contributed by atoms with E-state index in [1.165, 1.54) is 11.0 Å². The molecule has 0 aliphatic carbocycles. The second-order valence-corrected chi connectivity index (χ2v) is 4.15. The van der Waals surface area contributed by atoms with E-state index in [4.69, 9.17) is 10.5 Å². The van der Waals surface area contributed by atoms with Gasteiger partial charge in [-0.25, -0.2) is 0 Å². The second-order valence-electron chi connectivity index (χ2n) is 4.15. The summed E-state index contributed by atoms with van der Waals surface area (Å²) in [5, 5.41) is 9.67. The van der Waals surface area contributed by atoms with Gasteiger partial charge in [-0.3, -0.25) is 4.79 Å². The van der Waals surface area contributed by atoms with E-state index in [0.717, 1.165) is 5.56 Å². The van der Waals surface area contributed by atoms with E-state index in [-0.39, 0.29) is 11.7 Å². The first-order valence-corrected chi connectivity index (χ1v) is 5.89. The van der Waals surface area contributed by atoms with Gasteiger partial charge < -0.3 is 20.5 Å². The van der Waals surface area contributed by atoms with Gasteiger partial charge in [-0.05, 0) is 19.1 Å². The maximum Gasteiger partial charge on any atom is 0.257 e. The molecule has 0 saturated heterocycles. The summed E-state index contributed by atoms with van der Waals surface area (Å²) >= 11 is 0. The number of nitrogens with two attached hydrogens (primary N) is 1. The third kappa shape index (κ3) is 4.01. The minimum atomic E-state index is -0.215. The molecule has 3 N–H and O–H groups in total. The van der Waals surface area contributed by atoms with Gasteiger partial charge in [-0.2, -0.15) is 0 Å². The highest BCUT2D eigenvalue weighted by atomic mass is 16.5. The molecular formula is C13H20N2O3. The van der Waals surface area contributed by atoms with E-state index in [0.29, 0.717) is 31.9 Å². The van der Waals surface area contributed by atoms with Crippen LogP contribution in [0.15, 0.2) is 18.2 Å². The van der Waals surface area contributed by atoms with E-state index >= 15 is 0 Å². The van der Waals surface area contributed by atoms with Crippen molar-refractivity contribution < 1.29 is 14.6 Å². The van der Waals surface area contributed by atoms with Crippen LogP contribution in [-0.4, -0.2) is 49.3 Å². The highest BCUT2D eigenvalue weighted by molar-refractivity contribution is 5.96. The predicted octanol–water partition coefficient (Wildman–Crippen LogP) is 0.748. The first-order valence-electron chi connectivity index (χ1n) is 5.89. The van der Waals surface area contributed by atoms with Crippen LogP contribution < -0.4 is 5.73 Å². The Labute approximate surface area is 107 Å². The molecule has 1 aromatic rings. The van der Waals surface area contributed by atoms with Crippen LogP contribution in [0.25, 0.3) is 0 Å². The van der Waals surface area contributed by atoms with Crippen LogP contribution in [0.5, 0.6) is 5.75 Å². The molecule has 5 heteroatoms. The van der Waals surface area contributed by atoms with Crippen molar-refractivity contribution in [3.63, 3.8) is 0 Å². The molecule has 0 aliphatic heterocycles. The number of likely N-dealkylation sites (N-methyl/N-ethyl adjacent to an activating group) is 1. The zero-order valence-corrected chi connectivity index (χ0v) is 10.8. The SMILES string of the molecule is Cc1ccc(O)c(C(=O)N(C)CCOCCN)c1. The quantitative estimate of drug-likeness (QED) is 0.732. The number of rotatable bonds is 6. The van der Waals surface area contributed by atoms with E-state index in [1.54, 1.807) is 19.2 Å². The van der Waals surface area contributed by atoms with Crippen molar-refractivity contribution in [2.75, 3.05) is 33.4 Å². The molecule has 0 spiro atoms. The van der Waals surface area contributed by atoms with Crippen LogP contribution in [0.3, 0.4) is 0 Å². The Bertz CT molecular complexity index is 407. The Morgan fingerprint density at radius 3 is 2.83 bits per heavy atom. The van der Waals surface area contributed by atoms with Crippen molar-refractivity contribution in [2.24, 2.45) is 5.73 Å². The maximum absolute atomic E-state index is 12.1. The van der Waals surface area contributed by atoms with Gasteiger partial charge in [0.1, 0.15) is 5.75 Å². The molecule has 100 valence electrons. The van der Waals surface area contributed by atoms with Crippen LogP contribution in [0.4, 0.5) is 0 Å². The molecule has 0 aromatic heterocycles. The van der Waals surface area contributed by atoms with Crippen LogP contribution in [-0.2, 0) is 4.74 Å². The predicted molar refractivity (Wildman–Crippen MR) is 69.7 cm³/mol. The van der Waals surface area contributed by atoms with E-state index in [2.05, 4.69) is 0 Å². The summed E-state index contributed by atoms with van der Waals surface area (Å²) < 4.78 is 5.21. The summed E-state index contributed by atoms with van der Waals surface area (Å²) in [6.07, 6.45) is 0. The Balaban J connectivity index is 2.60. The molecule has 0 saturated carbocycles. The molecule has 18 heavy (non-hydrogen) atoms. The molecule has 0 unspecified atom stereocenters. The normalized spacial score (nSPS) is 10.4. The van der Waals surface area contributed by atoms with Crippen molar-refractivity contribution in [3.8, 4) is 5.75 Å². The Kier molecular flexibility index (Phi) is 5.61. The fourth-order valence-electron chi connectivity index (χ4n) is 1.52. The standard InChI is InChI=1S/C13H20N2O3/c1-10-3-4-12(16)11(9-10)13(17)15(2)6-8-18-7-5-14/h3-4,9,16H,5-8,14H2,1-2H3. The van der Waals surface area contributed by atoms with Gasteiger partial charge in [0.15, 0.2) is 0 Å². The Hall–Kier alpha value is -1.59. The zero-order chi connectivity index (χ0) is 13.5. The van der Waals surface area contributed by atoms with E-state index in [1.807, 2.05) is 6.92 Å². The fraction of sp³-hybridized carbons (Fsp3) is 0.462. The number of hydrogen-bond donors (Lipinski definition) is 2. The lowest BCUT2D eigenvalue weighted by Crippen LogP contribution is -2.30. The van der Waals surface area contributed by atoms with Crippen LogP contribution in [0, 0.1) is 6.92 Å². The fourth-order valence-corrected chi connectivity index (χ4v) is 1.52. The number of carbonyl (C=O) groups is 1. The average Bonchev–Trinajstić information content (AvgIpc) is 2.36. The molecule has 0 atom stereocenters. The first kappa shape index (κ1) is 14.5. The molecule has 0 bridgehead atoms. The number of benzene rings is 1. The number of hydrogen-bond acceptors (Lipinski definition) is 4. The summed E-state index contributed by atoms with van der Waals surface area (Å²) in [7, 11) is 1.68. The summed E-state index contributed by atoms with van der Waals surface area (Å²) in [5.41, 5.74) is 6.54. The van der Waals surface area contributed by atoms with Crippen molar-refractivity contribution >= 4 is 5.91 Å². The average molecular weight is 252 g/mol. The van der Waals surface area contributed by atoms with Gasteiger partial charge >= 0.3 is 0 Å². The summed E-state index contributed by atoms with van der Waals surface area (Å²) in [6.45, 7) is 3.73. The highest BCUT2D eigenvalue weighted by Crippen LogP contribution is 2.19. The Morgan fingerprint density at radius 1 is 1.44 bits per heavy atom. The lowest BCUT2D eigenvalue weighted by atomic mass is 10.1. The lowest BCUT2D eigenvalue weighted by Gasteiger charge is -2.18. The van der Waals surface area contributed by atoms with Crippen molar-refractivity contribution in [3.05, 3.63) is 29.3 Å². The molecular weight excluding hydrogens is 232 g/mol. The van der Waals surface area contributed by atoms with Crippen LogP contribution in [0.1, 0.15) is 15.9 Å². The molecule has 0 heterocycles. The number of ether oxygens (including phenoxy) is 1. The van der Waals surface area contributed by atoms with Crippen LogP contribution in [0.2, 0.25) is 0 Å². The number of phenols is 1. The molecule has 5 nitrogen and oxygen atoms in total. The number of carbonyl (C=O) groups excluding carboxylic acids is 1. The van der Waals surface area contributed by atoms with Gasteiger partial charge in [0.2, 0.25) is 0 Å². The van der Waals surface area contributed by atoms with Crippen molar-refractivity contribution in [1.82, 2.24) is 4.90 Å². The topological polar surface area (TPSA) is 75.8 Å². The summed E-state index contributed by atoms with van der Waals surface area (Å²) in [4.78, 5) is 13.6. The smallest absolute Gasteiger partial charge is 0.257 e. The summed E-state index contributed by atoms with van der Waals surface area (Å²) in [6, 6.07) is 4.96. The van der Waals surface area contributed by atoms with Gasteiger partial charge in [0, 0.05) is 20.1 Å². The maximum atomic E-state index is 12.1. The first-order chi connectivity index (χ1) is 8.56. The van der Waals surface area contributed by atoms with Crippen LogP contribution >= 0.6 is 0 Å². The number of phenolic OH excluding ortho intramolecular Hbond substituents is 1. The zero-order valence-electron chi connectivity index (χ0n) is 10.8. The molecule has 1 rings (SSSR count). The largest absolute Gasteiger partial charge is 0.507 e. The lowest BCUT2D eigenvalue weighted by molar-refractivity contribution is 0.0701. The van der Waals surface area contributed by atoms with Crippen molar-refractivity contribution in [2.45, 2.75) is 6.92 Å². The van der Waals surface area contributed by atoms with E-state index in [9.17, 15) is 9.90 Å². The van der Waals surface area contributed by atoms with Gasteiger partial charge in [-0.1, -0.05) is 11.6 Å². The van der Waals surface area contributed by atoms with E-state index < -0.39 is 0 Å². The second kappa shape index (κ2) is 6.98. The highest BCUT2D eigenvalue weighted by Gasteiger charge is 2.15. The summed E-state index contributed by atoms with van der Waals surface area (Å²) in [5.74, 6) is -0.215. The molecule has 1 amide bonds. The number of nitrogens with zero attached hydrogens (tertiary/aromatic N) is 1. The van der Waals surface area contributed by atoms with Gasteiger partial charge in [0.25, 0.3) is 5.91 Å². The molecule has 1 aromatic carbocycles. The molecule has 0 fully saturated rings. The minimum absolute atomic E-state index is 0.000302. The third-order valence-electron chi connectivity index (χ3n) is 2.56. The molecule has 0 radical (unpaired) electrons. The number of aromatic hydroxyl groups is 1. The third-order valence-corrected chi connectivity index (χ3v) is 2.56. The number of amides is 1. The monoisotopic (exact) mass is 252 g/mol. The number of aryl methyl sites for hydroxylation is 1. The van der Waals surface area contributed by atoms with Gasteiger partial charge in [0.05, 0.1) is 18.8 Å². The minimum Gasteiger partial charge on any atom is -0.507 e. The Morgan fingerprint density at radius 2 is 2.17 bits per heavy atom. The van der Waals surface area contributed by atoms with Crippen molar-refractivity contribution in [1.29, 1.82) is 0 Å².